The number of aromatic nitrogens is 1. The Kier molecular flexibility index (Phi) is 4.27. The van der Waals surface area contributed by atoms with Crippen LogP contribution in [0, 0.1) is 0 Å². The highest BCUT2D eigenvalue weighted by molar-refractivity contribution is 9.10. The largest absolute Gasteiger partial charge is 0.474 e. The fourth-order valence-electron chi connectivity index (χ4n) is 3.07. The second-order valence-electron chi connectivity index (χ2n) is 5.98. The zero-order chi connectivity index (χ0) is 17.4. The van der Waals surface area contributed by atoms with Crippen molar-refractivity contribution in [2.24, 2.45) is 0 Å². The van der Waals surface area contributed by atoms with E-state index >= 15 is 0 Å². The fourth-order valence-corrected chi connectivity index (χ4v) is 3.52. The van der Waals surface area contributed by atoms with E-state index in [2.05, 4.69) is 28.1 Å². The molecule has 126 valence electrons. The van der Waals surface area contributed by atoms with Crippen LogP contribution in [0.15, 0.2) is 34.8 Å². The number of benzene rings is 2. The predicted molar refractivity (Wildman–Crippen MR) is 102 cm³/mol. The van der Waals surface area contributed by atoms with Gasteiger partial charge in [-0.3, -0.25) is 4.79 Å². The molecule has 5 heteroatoms. The Hall–Kier alpha value is -2.24. The minimum Gasteiger partial charge on any atom is -0.474 e. The van der Waals surface area contributed by atoms with Gasteiger partial charge in [0.15, 0.2) is 5.78 Å². The molecule has 1 aliphatic rings. The van der Waals surface area contributed by atoms with Gasteiger partial charge in [0.05, 0.1) is 16.6 Å². The third kappa shape index (κ3) is 3.05. The summed E-state index contributed by atoms with van der Waals surface area (Å²) in [4.78, 5) is 16.4. The quantitative estimate of drug-likeness (QED) is 0.501. The van der Waals surface area contributed by atoms with Crippen LogP contribution in [0.25, 0.3) is 33.8 Å². The number of fused-ring (bicyclic) bond motifs is 4. The number of methoxy groups -OCH3 is 1. The van der Waals surface area contributed by atoms with Gasteiger partial charge in [0.2, 0.25) is 5.88 Å². The van der Waals surface area contributed by atoms with Crippen molar-refractivity contribution in [1.29, 1.82) is 0 Å². The van der Waals surface area contributed by atoms with Crippen molar-refractivity contribution in [3.8, 4) is 5.88 Å². The summed E-state index contributed by atoms with van der Waals surface area (Å²) >= 11 is 3.52. The van der Waals surface area contributed by atoms with Gasteiger partial charge in [0.25, 0.3) is 0 Å². The van der Waals surface area contributed by atoms with Crippen molar-refractivity contribution < 1.29 is 14.3 Å². The molecule has 4 nitrogen and oxygen atoms in total. The molecule has 2 aromatic carbocycles. The molecule has 1 aliphatic carbocycles. The van der Waals surface area contributed by atoms with Gasteiger partial charge in [-0.25, -0.2) is 4.98 Å². The first kappa shape index (κ1) is 16.2. The lowest BCUT2D eigenvalue weighted by molar-refractivity contribution is -0.112. The van der Waals surface area contributed by atoms with Gasteiger partial charge in [0, 0.05) is 24.3 Å². The maximum absolute atomic E-state index is 11.7. The molecule has 0 aliphatic heterocycles. The van der Waals surface area contributed by atoms with E-state index in [0.29, 0.717) is 25.5 Å². The Morgan fingerprint density at radius 1 is 1.12 bits per heavy atom. The number of Topliss-reactive ketones (excluding diaryl/α,β-unsaturated/α-hetero) is 1. The normalized spacial score (nSPS) is 13.4. The number of ether oxygens (including phenoxy) is 2. The molecule has 4 rings (SSSR count). The number of nitrogens with zero attached hydrogens (tertiary/aromatic N) is 1. The molecule has 0 amide bonds. The maximum atomic E-state index is 11.7. The summed E-state index contributed by atoms with van der Waals surface area (Å²) < 4.78 is 11.6. The van der Waals surface area contributed by atoms with E-state index in [4.69, 9.17) is 14.5 Å². The van der Waals surface area contributed by atoms with Crippen molar-refractivity contribution in [2.75, 3.05) is 20.3 Å². The van der Waals surface area contributed by atoms with Crippen LogP contribution >= 0.6 is 15.9 Å². The molecule has 0 radical (unpaired) electrons. The molecule has 0 spiro atoms. The Morgan fingerprint density at radius 2 is 1.96 bits per heavy atom. The zero-order valence-electron chi connectivity index (χ0n) is 13.7. The van der Waals surface area contributed by atoms with E-state index in [0.717, 1.165) is 36.6 Å². The lowest BCUT2D eigenvalue weighted by atomic mass is 10.00. The first-order valence-corrected chi connectivity index (χ1v) is 8.84. The molecule has 0 atom stereocenters. The Balaban J connectivity index is 1.94. The van der Waals surface area contributed by atoms with E-state index < -0.39 is 0 Å². The fraction of sp³-hybridized carbons (Fsp3) is 0.200. The van der Waals surface area contributed by atoms with E-state index in [1.165, 1.54) is 0 Å². The van der Waals surface area contributed by atoms with Crippen LogP contribution in [0.2, 0.25) is 0 Å². The number of halogens is 1. The van der Waals surface area contributed by atoms with E-state index in [9.17, 15) is 4.79 Å². The highest BCUT2D eigenvalue weighted by Gasteiger charge is 2.10. The van der Waals surface area contributed by atoms with Crippen LogP contribution in [-0.4, -0.2) is 31.1 Å². The first-order valence-electron chi connectivity index (χ1n) is 8.05. The minimum atomic E-state index is 0.142. The maximum Gasteiger partial charge on any atom is 0.228 e. The molecule has 0 saturated carbocycles. The third-order valence-corrected chi connectivity index (χ3v) is 4.86. The van der Waals surface area contributed by atoms with Crippen molar-refractivity contribution in [3.05, 3.63) is 45.2 Å². The van der Waals surface area contributed by atoms with Crippen molar-refractivity contribution >= 4 is 55.5 Å². The molecule has 0 unspecified atom stereocenters. The van der Waals surface area contributed by atoms with E-state index in [1.807, 2.05) is 24.3 Å². The molecule has 0 saturated heterocycles. The molecular formula is C20H16BrNO3. The number of ketones is 1. The number of pyridine rings is 1. The first-order chi connectivity index (χ1) is 12.2. The molecule has 0 bridgehead atoms. The second-order valence-corrected chi connectivity index (χ2v) is 6.83. The van der Waals surface area contributed by atoms with Gasteiger partial charge in [0.1, 0.15) is 6.61 Å². The SMILES string of the molecule is COCCOc1nc2c(ccc3cc4c(cc32)=CCC(=O)C=4)cc1Br. The number of carbonyl (C=O) groups is 1. The van der Waals surface area contributed by atoms with Crippen LogP contribution in [-0.2, 0) is 9.53 Å². The number of hydrogen-bond acceptors (Lipinski definition) is 4. The average Bonchev–Trinajstić information content (AvgIpc) is 2.60. The van der Waals surface area contributed by atoms with E-state index in [1.54, 1.807) is 13.2 Å². The standard InChI is InChI=1S/C20H16BrNO3/c1-24-6-7-25-20-18(21)11-14-3-2-13-8-15-9-16(23)5-4-12(15)10-17(13)19(14)22-20/h2-4,8-11H,5-7H2,1H3. The monoisotopic (exact) mass is 397 g/mol. The lowest BCUT2D eigenvalue weighted by Gasteiger charge is -2.10. The predicted octanol–water partition coefficient (Wildman–Crippen LogP) is 2.71. The van der Waals surface area contributed by atoms with Crippen LogP contribution in [0.5, 0.6) is 5.88 Å². The molecule has 3 aromatic rings. The summed E-state index contributed by atoms with van der Waals surface area (Å²) in [6.45, 7) is 0.951. The van der Waals surface area contributed by atoms with Gasteiger partial charge in [-0.15, -0.1) is 0 Å². The van der Waals surface area contributed by atoms with Crippen molar-refractivity contribution in [1.82, 2.24) is 4.98 Å². The van der Waals surface area contributed by atoms with Crippen molar-refractivity contribution in [3.63, 3.8) is 0 Å². The van der Waals surface area contributed by atoms with Crippen LogP contribution in [0.4, 0.5) is 0 Å². The summed E-state index contributed by atoms with van der Waals surface area (Å²) in [5.41, 5.74) is 0.890. The zero-order valence-corrected chi connectivity index (χ0v) is 15.3. The van der Waals surface area contributed by atoms with Crippen LogP contribution in [0.3, 0.4) is 0 Å². The Labute approximate surface area is 152 Å². The topological polar surface area (TPSA) is 48.4 Å². The van der Waals surface area contributed by atoms with Gasteiger partial charge < -0.3 is 9.47 Å². The Morgan fingerprint density at radius 3 is 2.80 bits per heavy atom. The third-order valence-electron chi connectivity index (χ3n) is 4.29. The molecule has 1 heterocycles. The summed E-state index contributed by atoms with van der Waals surface area (Å²) in [6.07, 6.45) is 4.14. The van der Waals surface area contributed by atoms with Crippen LogP contribution in [0.1, 0.15) is 6.42 Å². The van der Waals surface area contributed by atoms with Gasteiger partial charge >= 0.3 is 0 Å². The number of carbonyl (C=O) groups excluding carboxylic acids is 1. The van der Waals surface area contributed by atoms with Gasteiger partial charge in [-0.05, 0) is 56.0 Å². The smallest absolute Gasteiger partial charge is 0.228 e. The van der Waals surface area contributed by atoms with Crippen molar-refractivity contribution in [2.45, 2.75) is 6.42 Å². The highest BCUT2D eigenvalue weighted by atomic mass is 79.9. The summed E-state index contributed by atoms with van der Waals surface area (Å²) in [5.74, 6) is 0.698. The molecule has 0 fully saturated rings. The summed E-state index contributed by atoms with van der Waals surface area (Å²) in [5, 5.41) is 5.19. The number of hydrogen-bond donors (Lipinski definition) is 0. The lowest BCUT2D eigenvalue weighted by Crippen LogP contribution is -2.28. The molecule has 0 N–H and O–H groups in total. The van der Waals surface area contributed by atoms with E-state index in [-0.39, 0.29) is 5.78 Å². The molecule has 25 heavy (non-hydrogen) atoms. The Bertz CT molecular complexity index is 1120. The summed E-state index contributed by atoms with van der Waals surface area (Å²) in [6, 6.07) is 10.3. The van der Waals surface area contributed by atoms with Crippen LogP contribution < -0.4 is 15.2 Å². The molecular weight excluding hydrogens is 382 g/mol. The minimum absolute atomic E-state index is 0.142. The summed E-state index contributed by atoms with van der Waals surface area (Å²) in [7, 11) is 1.64. The second kappa shape index (κ2) is 6.58. The molecule has 1 aromatic heterocycles. The van der Waals surface area contributed by atoms with Gasteiger partial charge in [-0.2, -0.15) is 0 Å². The number of rotatable bonds is 4. The van der Waals surface area contributed by atoms with Gasteiger partial charge in [-0.1, -0.05) is 18.2 Å². The average molecular weight is 398 g/mol. The highest BCUT2D eigenvalue weighted by Crippen LogP contribution is 2.30.